The van der Waals surface area contributed by atoms with Gasteiger partial charge in [0.15, 0.2) is 0 Å². The number of carbonyl (C=O) groups excluding carboxylic acids is 1. The van der Waals surface area contributed by atoms with Gasteiger partial charge in [-0.3, -0.25) is 4.79 Å². The van der Waals surface area contributed by atoms with E-state index in [4.69, 9.17) is 0 Å². The van der Waals surface area contributed by atoms with E-state index in [0.717, 1.165) is 17.7 Å². The van der Waals surface area contributed by atoms with E-state index in [9.17, 15) is 4.79 Å². The van der Waals surface area contributed by atoms with Gasteiger partial charge >= 0.3 is 0 Å². The van der Waals surface area contributed by atoms with Crippen LogP contribution in [0.15, 0.2) is 54.6 Å². The Balaban J connectivity index is 1.58. The van der Waals surface area contributed by atoms with Gasteiger partial charge < -0.3 is 10.6 Å². The van der Waals surface area contributed by atoms with E-state index >= 15 is 0 Å². The lowest BCUT2D eigenvalue weighted by molar-refractivity contribution is -0.121. The van der Waals surface area contributed by atoms with E-state index in [0.29, 0.717) is 6.54 Å². The Kier molecular flexibility index (Phi) is 3.19. The monoisotopic (exact) mass is 252 g/mol. The lowest BCUT2D eigenvalue weighted by Gasteiger charge is -2.12. The van der Waals surface area contributed by atoms with Gasteiger partial charge in [-0.15, -0.1) is 0 Å². The number of para-hydroxylation sites is 1. The number of anilines is 1. The number of nitrogens with one attached hydrogen (secondary N) is 2. The van der Waals surface area contributed by atoms with Gasteiger partial charge in [0.1, 0.15) is 6.04 Å². The van der Waals surface area contributed by atoms with Crippen LogP contribution in [0.4, 0.5) is 5.69 Å². The van der Waals surface area contributed by atoms with Crippen LogP contribution >= 0.6 is 0 Å². The van der Waals surface area contributed by atoms with Crippen LogP contribution in [-0.4, -0.2) is 11.9 Å². The smallest absolute Gasteiger partial charge is 0.243 e. The minimum Gasteiger partial charge on any atom is -0.373 e. The Morgan fingerprint density at radius 3 is 2.63 bits per heavy atom. The summed E-state index contributed by atoms with van der Waals surface area (Å²) in [5.74, 6) is 0.0556. The zero-order chi connectivity index (χ0) is 13.1. The number of rotatable bonds is 3. The fourth-order valence-corrected chi connectivity index (χ4v) is 2.36. The highest BCUT2D eigenvalue weighted by Gasteiger charge is 2.25. The van der Waals surface area contributed by atoms with E-state index in [1.54, 1.807) is 0 Å². The van der Waals surface area contributed by atoms with Crippen molar-refractivity contribution in [3.63, 3.8) is 0 Å². The summed E-state index contributed by atoms with van der Waals surface area (Å²) in [4.78, 5) is 12.1. The Bertz CT molecular complexity index is 555. The first-order chi connectivity index (χ1) is 9.33. The molecule has 0 aliphatic carbocycles. The van der Waals surface area contributed by atoms with Crippen LogP contribution < -0.4 is 10.6 Å². The molecule has 19 heavy (non-hydrogen) atoms. The third kappa shape index (κ3) is 2.60. The molecule has 0 saturated heterocycles. The van der Waals surface area contributed by atoms with Crippen molar-refractivity contribution in [1.29, 1.82) is 0 Å². The zero-order valence-electron chi connectivity index (χ0n) is 10.6. The molecule has 1 atom stereocenters. The quantitative estimate of drug-likeness (QED) is 0.880. The zero-order valence-corrected chi connectivity index (χ0v) is 10.6. The molecule has 1 heterocycles. The molecule has 0 aromatic heterocycles. The van der Waals surface area contributed by atoms with Crippen molar-refractivity contribution >= 4 is 11.6 Å². The second-order valence-corrected chi connectivity index (χ2v) is 4.76. The number of benzene rings is 2. The molecule has 0 saturated carbocycles. The minimum absolute atomic E-state index is 0.0556. The molecule has 1 aliphatic rings. The van der Waals surface area contributed by atoms with E-state index in [1.165, 1.54) is 5.56 Å². The Morgan fingerprint density at radius 1 is 1.11 bits per heavy atom. The van der Waals surface area contributed by atoms with E-state index in [-0.39, 0.29) is 11.9 Å². The molecule has 0 bridgehead atoms. The maximum absolute atomic E-state index is 12.1. The molecule has 3 nitrogen and oxygen atoms in total. The van der Waals surface area contributed by atoms with Crippen molar-refractivity contribution in [2.24, 2.45) is 0 Å². The predicted octanol–water partition coefficient (Wildman–Crippen LogP) is 2.34. The molecule has 2 aromatic rings. The molecule has 1 aliphatic heterocycles. The molecule has 0 unspecified atom stereocenters. The number of hydrogen-bond donors (Lipinski definition) is 2. The lowest BCUT2D eigenvalue weighted by Crippen LogP contribution is -2.38. The van der Waals surface area contributed by atoms with E-state index < -0.39 is 0 Å². The van der Waals surface area contributed by atoms with Gasteiger partial charge in [0, 0.05) is 18.7 Å². The standard InChI is InChI=1S/C16H16N2O/c19-16(17-11-12-6-2-1-3-7-12)15-10-13-8-4-5-9-14(13)18-15/h1-9,15,18H,10-11H2,(H,17,19)/t15-/m0/s1. The topological polar surface area (TPSA) is 41.1 Å². The largest absolute Gasteiger partial charge is 0.373 e. The highest BCUT2D eigenvalue weighted by molar-refractivity contribution is 5.87. The average molecular weight is 252 g/mol. The molecule has 0 spiro atoms. The van der Waals surface area contributed by atoms with E-state index in [1.807, 2.05) is 48.5 Å². The van der Waals surface area contributed by atoms with Crippen molar-refractivity contribution in [3.8, 4) is 0 Å². The first-order valence-corrected chi connectivity index (χ1v) is 6.49. The molecule has 0 fully saturated rings. The number of fused-ring (bicyclic) bond motifs is 1. The third-order valence-corrected chi connectivity index (χ3v) is 3.40. The van der Waals surface area contributed by atoms with Crippen LogP contribution in [0.3, 0.4) is 0 Å². The van der Waals surface area contributed by atoms with Crippen LogP contribution in [-0.2, 0) is 17.8 Å². The van der Waals surface area contributed by atoms with Gasteiger partial charge in [0.05, 0.1) is 0 Å². The summed E-state index contributed by atoms with van der Waals surface area (Å²) >= 11 is 0. The Morgan fingerprint density at radius 2 is 1.84 bits per heavy atom. The molecule has 3 heteroatoms. The normalized spacial score (nSPS) is 16.5. The fourth-order valence-electron chi connectivity index (χ4n) is 2.36. The Hall–Kier alpha value is -2.29. The lowest BCUT2D eigenvalue weighted by atomic mass is 10.1. The maximum atomic E-state index is 12.1. The van der Waals surface area contributed by atoms with Gasteiger partial charge in [-0.25, -0.2) is 0 Å². The second kappa shape index (κ2) is 5.14. The summed E-state index contributed by atoms with van der Waals surface area (Å²) in [6, 6.07) is 17.9. The van der Waals surface area contributed by atoms with Crippen molar-refractivity contribution in [2.75, 3.05) is 5.32 Å². The summed E-state index contributed by atoms with van der Waals surface area (Å²) in [5.41, 5.74) is 3.40. The van der Waals surface area contributed by atoms with Gasteiger partial charge in [0.25, 0.3) is 0 Å². The summed E-state index contributed by atoms with van der Waals surface area (Å²) in [6.45, 7) is 0.578. The number of amides is 1. The first-order valence-electron chi connectivity index (χ1n) is 6.49. The van der Waals surface area contributed by atoms with Crippen molar-refractivity contribution in [2.45, 2.75) is 19.0 Å². The maximum Gasteiger partial charge on any atom is 0.243 e. The predicted molar refractivity (Wildman–Crippen MR) is 75.8 cm³/mol. The molecular formula is C16H16N2O. The van der Waals surface area contributed by atoms with Gasteiger partial charge in [-0.05, 0) is 17.2 Å². The summed E-state index contributed by atoms with van der Waals surface area (Å²) in [5, 5.41) is 6.23. The highest BCUT2D eigenvalue weighted by Crippen LogP contribution is 2.25. The summed E-state index contributed by atoms with van der Waals surface area (Å²) in [6.07, 6.45) is 0.761. The molecule has 0 radical (unpaired) electrons. The summed E-state index contributed by atoms with van der Waals surface area (Å²) in [7, 11) is 0. The van der Waals surface area contributed by atoms with Crippen molar-refractivity contribution in [3.05, 3.63) is 65.7 Å². The Labute approximate surface area is 112 Å². The van der Waals surface area contributed by atoms with Crippen molar-refractivity contribution in [1.82, 2.24) is 5.32 Å². The average Bonchev–Trinajstić information content (AvgIpc) is 2.90. The highest BCUT2D eigenvalue weighted by atomic mass is 16.2. The van der Waals surface area contributed by atoms with Crippen molar-refractivity contribution < 1.29 is 4.79 Å². The van der Waals surface area contributed by atoms with E-state index in [2.05, 4.69) is 16.7 Å². The molecule has 2 N–H and O–H groups in total. The summed E-state index contributed by atoms with van der Waals surface area (Å²) < 4.78 is 0. The fraction of sp³-hybridized carbons (Fsp3) is 0.188. The minimum atomic E-state index is -0.152. The molecule has 96 valence electrons. The van der Waals surface area contributed by atoms with Gasteiger partial charge in [-0.1, -0.05) is 48.5 Å². The third-order valence-electron chi connectivity index (χ3n) is 3.40. The van der Waals surface area contributed by atoms with Crippen LogP contribution in [0.1, 0.15) is 11.1 Å². The van der Waals surface area contributed by atoms with Crippen LogP contribution in [0.25, 0.3) is 0 Å². The number of carbonyl (C=O) groups is 1. The van der Waals surface area contributed by atoms with Gasteiger partial charge in [-0.2, -0.15) is 0 Å². The van der Waals surface area contributed by atoms with Crippen LogP contribution in [0, 0.1) is 0 Å². The SMILES string of the molecule is O=C(NCc1ccccc1)[C@@H]1Cc2ccccc2N1. The number of hydrogen-bond acceptors (Lipinski definition) is 2. The van der Waals surface area contributed by atoms with Crippen LogP contribution in [0.2, 0.25) is 0 Å². The van der Waals surface area contributed by atoms with Gasteiger partial charge in [0.2, 0.25) is 5.91 Å². The molecular weight excluding hydrogens is 236 g/mol. The molecule has 1 amide bonds. The molecule has 3 rings (SSSR count). The van der Waals surface area contributed by atoms with Crippen LogP contribution in [0.5, 0.6) is 0 Å². The molecule has 2 aromatic carbocycles. The second-order valence-electron chi connectivity index (χ2n) is 4.76. The first kappa shape index (κ1) is 11.8.